The Bertz CT molecular complexity index is 1110. The summed E-state index contributed by atoms with van der Waals surface area (Å²) in [4.78, 5) is 42.4. The highest BCUT2D eigenvalue weighted by atomic mass is 35.5. The number of hydrogen-bond donors (Lipinski definition) is 0. The Hall–Kier alpha value is -3.03. The number of benzene rings is 2. The van der Waals surface area contributed by atoms with E-state index in [1.807, 2.05) is 23.6 Å². The molecule has 2 heterocycles. The van der Waals surface area contributed by atoms with Crippen LogP contribution in [0, 0.1) is 0 Å². The van der Waals surface area contributed by atoms with Crippen molar-refractivity contribution in [3.05, 3.63) is 75.8 Å². The molecule has 0 unspecified atom stereocenters. The molecule has 0 fully saturated rings. The molecule has 0 aliphatic carbocycles. The fourth-order valence-electron chi connectivity index (χ4n) is 3.34. The lowest BCUT2D eigenvalue weighted by Crippen LogP contribution is -2.30. The van der Waals surface area contributed by atoms with E-state index >= 15 is 0 Å². The molecule has 158 valence electrons. The monoisotopic (exact) mass is 454 g/mol. The number of amides is 2. The van der Waals surface area contributed by atoms with Crippen LogP contribution < -0.4 is 0 Å². The lowest BCUT2D eigenvalue weighted by atomic mass is 10.1. The molecule has 0 bridgehead atoms. The van der Waals surface area contributed by atoms with Gasteiger partial charge in [0.25, 0.3) is 11.8 Å². The average molecular weight is 455 g/mol. The van der Waals surface area contributed by atoms with Gasteiger partial charge in [-0.3, -0.25) is 19.3 Å². The number of thiazole rings is 1. The number of unbranched alkanes of at least 4 members (excludes halogenated alkanes) is 1. The number of ether oxygens (including phenoxy) is 1. The maximum absolute atomic E-state index is 12.3. The van der Waals surface area contributed by atoms with Crippen molar-refractivity contribution in [3.63, 3.8) is 0 Å². The van der Waals surface area contributed by atoms with Crippen LogP contribution in [0.3, 0.4) is 0 Å². The summed E-state index contributed by atoms with van der Waals surface area (Å²) in [5, 5.41) is 3.26. The van der Waals surface area contributed by atoms with E-state index in [0.29, 0.717) is 41.2 Å². The molecule has 2 aromatic carbocycles. The van der Waals surface area contributed by atoms with Crippen molar-refractivity contribution in [1.29, 1.82) is 0 Å². The predicted molar refractivity (Wildman–Crippen MR) is 118 cm³/mol. The minimum atomic E-state index is -0.358. The highest BCUT2D eigenvalue weighted by molar-refractivity contribution is 7.13. The second-order valence-electron chi connectivity index (χ2n) is 7.07. The van der Waals surface area contributed by atoms with Gasteiger partial charge in [-0.25, -0.2) is 4.98 Å². The largest absolute Gasteiger partial charge is 0.465 e. The molecule has 1 aliphatic rings. The van der Waals surface area contributed by atoms with Crippen LogP contribution in [0.5, 0.6) is 0 Å². The lowest BCUT2D eigenvalue weighted by molar-refractivity contribution is -0.143. The van der Waals surface area contributed by atoms with Crippen LogP contribution in [0.2, 0.25) is 5.02 Å². The lowest BCUT2D eigenvalue weighted by Gasteiger charge is -2.13. The van der Waals surface area contributed by atoms with E-state index in [1.54, 1.807) is 30.3 Å². The Labute approximate surface area is 188 Å². The maximum Gasteiger partial charge on any atom is 0.311 e. The number of imide groups is 1. The highest BCUT2D eigenvalue weighted by Gasteiger charge is 2.34. The molecule has 0 saturated heterocycles. The Balaban J connectivity index is 1.20. The standard InChI is InChI=1S/C23H19ClN2O4S/c24-16-7-5-6-15(12-16)21-25-17(14-31-21)13-20(27)30-11-4-3-10-26-22(28)18-8-1-2-9-19(18)23(26)29/h1-2,5-9,12,14H,3-4,10-11,13H2. The smallest absolute Gasteiger partial charge is 0.311 e. The van der Waals surface area contributed by atoms with Crippen LogP contribution >= 0.6 is 22.9 Å². The van der Waals surface area contributed by atoms with E-state index in [-0.39, 0.29) is 30.8 Å². The summed E-state index contributed by atoms with van der Waals surface area (Å²) in [6.07, 6.45) is 1.22. The molecule has 0 atom stereocenters. The van der Waals surface area contributed by atoms with E-state index in [1.165, 1.54) is 16.2 Å². The second kappa shape index (κ2) is 9.41. The number of aromatic nitrogens is 1. The number of rotatable bonds is 8. The van der Waals surface area contributed by atoms with Gasteiger partial charge in [0, 0.05) is 22.5 Å². The first kappa shape index (κ1) is 21.2. The van der Waals surface area contributed by atoms with Crippen LogP contribution in [-0.2, 0) is 16.0 Å². The van der Waals surface area contributed by atoms with Crippen LogP contribution in [0.15, 0.2) is 53.9 Å². The Morgan fingerprint density at radius 3 is 2.48 bits per heavy atom. The molecule has 0 radical (unpaired) electrons. The molecule has 31 heavy (non-hydrogen) atoms. The zero-order valence-corrected chi connectivity index (χ0v) is 18.1. The number of halogens is 1. The number of carbonyl (C=O) groups excluding carboxylic acids is 3. The third kappa shape index (κ3) is 4.84. The number of esters is 1. The molecule has 4 rings (SSSR count). The summed E-state index contributed by atoms with van der Waals surface area (Å²) >= 11 is 7.46. The molecule has 3 aromatic rings. The summed E-state index contributed by atoms with van der Waals surface area (Å²) in [7, 11) is 0. The first-order valence-corrected chi connectivity index (χ1v) is 11.1. The van der Waals surface area contributed by atoms with Gasteiger partial charge < -0.3 is 4.74 Å². The maximum atomic E-state index is 12.3. The third-order valence-corrected chi connectivity index (χ3v) is 6.04. The van der Waals surface area contributed by atoms with Crippen molar-refractivity contribution in [2.45, 2.75) is 19.3 Å². The van der Waals surface area contributed by atoms with Crippen molar-refractivity contribution in [1.82, 2.24) is 9.88 Å². The minimum Gasteiger partial charge on any atom is -0.465 e. The number of nitrogens with zero attached hydrogens (tertiary/aromatic N) is 2. The van der Waals surface area contributed by atoms with Crippen molar-refractivity contribution >= 4 is 40.7 Å². The van der Waals surface area contributed by atoms with Gasteiger partial charge in [-0.2, -0.15) is 0 Å². The fourth-order valence-corrected chi connectivity index (χ4v) is 4.35. The van der Waals surface area contributed by atoms with E-state index in [2.05, 4.69) is 4.98 Å². The minimum absolute atomic E-state index is 0.0927. The van der Waals surface area contributed by atoms with Gasteiger partial charge in [0.15, 0.2) is 0 Å². The van der Waals surface area contributed by atoms with Crippen molar-refractivity contribution in [2.24, 2.45) is 0 Å². The summed E-state index contributed by atoms with van der Waals surface area (Å²) < 4.78 is 5.28. The molecule has 6 nitrogen and oxygen atoms in total. The summed E-state index contributed by atoms with van der Waals surface area (Å²) in [5.41, 5.74) is 2.44. The summed E-state index contributed by atoms with van der Waals surface area (Å²) in [6, 6.07) is 14.2. The van der Waals surface area contributed by atoms with E-state index in [4.69, 9.17) is 16.3 Å². The van der Waals surface area contributed by atoms with Crippen molar-refractivity contribution in [3.8, 4) is 10.6 Å². The van der Waals surface area contributed by atoms with Crippen LogP contribution in [0.25, 0.3) is 10.6 Å². The molecule has 1 aromatic heterocycles. The quantitative estimate of drug-likeness (QED) is 0.282. The van der Waals surface area contributed by atoms with E-state index in [0.717, 1.165) is 10.6 Å². The van der Waals surface area contributed by atoms with E-state index in [9.17, 15) is 14.4 Å². The average Bonchev–Trinajstić information content (AvgIpc) is 3.32. The molecular formula is C23H19ClN2O4S. The SMILES string of the molecule is O=C(Cc1csc(-c2cccc(Cl)c2)n1)OCCCCN1C(=O)c2ccccc2C1=O. The van der Waals surface area contributed by atoms with Crippen LogP contribution in [0.4, 0.5) is 0 Å². The molecule has 0 saturated carbocycles. The molecule has 1 aliphatic heterocycles. The highest BCUT2D eigenvalue weighted by Crippen LogP contribution is 2.26. The van der Waals surface area contributed by atoms with Gasteiger partial charge in [-0.05, 0) is 37.1 Å². The Kier molecular flexibility index (Phi) is 6.44. The Morgan fingerprint density at radius 1 is 1.03 bits per heavy atom. The van der Waals surface area contributed by atoms with Crippen LogP contribution in [0.1, 0.15) is 39.3 Å². The molecule has 2 amide bonds. The molecular weight excluding hydrogens is 436 g/mol. The third-order valence-electron chi connectivity index (χ3n) is 4.87. The van der Waals surface area contributed by atoms with Crippen molar-refractivity contribution < 1.29 is 19.1 Å². The zero-order valence-electron chi connectivity index (χ0n) is 16.5. The summed E-state index contributed by atoms with van der Waals surface area (Å²) in [6.45, 7) is 0.534. The summed E-state index contributed by atoms with van der Waals surface area (Å²) in [5.74, 6) is -0.892. The van der Waals surface area contributed by atoms with Gasteiger partial charge in [-0.1, -0.05) is 35.9 Å². The molecule has 0 N–H and O–H groups in total. The van der Waals surface area contributed by atoms with E-state index < -0.39 is 0 Å². The van der Waals surface area contributed by atoms with Crippen molar-refractivity contribution in [2.75, 3.05) is 13.2 Å². The van der Waals surface area contributed by atoms with Gasteiger partial charge in [0.05, 0.1) is 29.8 Å². The Morgan fingerprint density at radius 2 is 1.77 bits per heavy atom. The second-order valence-corrected chi connectivity index (χ2v) is 8.36. The zero-order chi connectivity index (χ0) is 21.8. The first-order valence-electron chi connectivity index (χ1n) is 9.84. The predicted octanol–water partition coefficient (Wildman–Crippen LogP) is 4.63. The number of carbonyl (C=O) groups is 3. The van der Waals surface area contributed by atoms with Gasteiger partial charge >= 0.3 is 5.97 Å². The molecule has 8 heteroatoms. The first-order chi connectivity index (χ1) is 15.0. The van der Waals surface area contributed by atoms with Crippen LogP contribution in [-0.4, -0.2) is 40.8 Å². The molecule has 0 spiro atoms. The normalized spacial score (nSPS) is 12.9. The fraction of sp³-hybridized carbons (Fsp3) is 0.217. The topological polar surface area (TPSA) is 76.6 Å². The van der Waals surface area contributed by atoms with Gasteiger partial charge in [0.2, 0.25) is 0 Å². The number of hydrogen-bond acceptors (Lipinski definition) is 6. The van der Waals surface area contributed by atoms with Gasteiger partial charge in [0.1, 0.15) is 5.01 Å². The van der Waals surface area contributed by atoms with Gasteiger partial charge in [-0.15, -0.1) is 11.3 Å². The number of fused-ring (bicyclic) bond motifs is 1.